The van der Waals surface area contributed by atoms with Gasteiger partial charge in [-0.25, -0.2) is 0 Å². The average Bonchev–Trinajstić information content (AvgIpc) is 2.79. The van der Waals surface area contributed by atoms with Crippen LogP contribution < -0.4 is 20.7 Å². The molecule has 0 spiro atoms. The van der Waals surface area contributed by atoms with E-state index < -0.39 is 0 Å². The number of hydrogen-bond acceptors (Lipinski definition) is 4. The highest BCUT2D eigenvalue weighted by molar-refractivity contribution is 5.78. The summed E-state index contributed by atoms with van der Waals surface area (Å²) in [5, 5.41) is 3.37. The molecule has 2 aliphatic heterocycles. The quantitative estimate of drug-likeness (QED) is 0.408. The van der Waals surface area contributed by atoms with E-state index in [1.165, 1.54) is 11.3 Å². The number of para-hydroxylation sites is 1. The highest BCUT2D eigenvalue weighted by atomic mass is 16.5. The Hall–Kier alpha value is -2.73. The molecule has 2 aromatic rings. The minimum atomic E-state index is 0.179. The Labute approximate surface area is 186 Å². The topological polar surface area (TPSA) is 66.1 Å². The van der Waals surface area contributed by atoms with Crippen molar-refractivity contribution < 1.29 is 4.74 Å². The molecule has 1 atom stereocenters. The van der Waals surface area contributed by atoms with Gasteiger partial charge in [0.1, 0.15) is 5.75 Å². The van der Waals surface area contributed by atoms with E-state index in [9.17, 15) is 0 Å². The van der Waals surface area contributed by atoms with E-state index in [-0.39, 0.29) is 6.04 Å². The standard InChI is InChI=1S/C25H35N5O/c1-20-7-6-8-21(19-20)30-16-14-29(15-17-30)13-5-4-12-27-25(26)28-23-11-18-31-24-10-3-2-9-22(23)24/h2-3,6-10,19,23H,4-5,11-18H2,1H3,(H3,26,27,28). The summed E-state index contributed by atoms with van der Waals surface area (Å²) < 4.78 is 5.71. The summed E-state index contributed by atoms with van der Waals surface area (Å²) in [4.78, 5) is 9.61. The molecule has 0 saturated carbocycles. The van der Waals surface area contributed by atoms with Gasteiger partial charge in [-0.2, -0.15) is 0 Å². The van der Waals surface area contributed by atoms with Crippen LogP contribution in [-0.4, -0.2) is 56.7 Å². The number of hydrogen-bond donors (Lipinski definition) is 2. The van der Waals surface area contributed by atoms with Crippen molar-refractivity contribution in [1.29, 1.82) is 0 Å². The van der Waals surface area contributed by atoms with E-state index in [0.717, 1.165) is 69.8 Å². The predicted octanol–water partition coefficient (Wildman–Crippen LogP) is 3.33. The maximum atomic E-state index is 6.15. The molecule has 2 aliphatic rings. The Morgan fingerprint density at radius 2 is 1.94 bits per heavy atom. The molecule has 6 nitrogen and oxygen atoms in total. The molecule has 0 bridgehead atoms. The van der Waals surface area contributed by atoms with Crippen molar-refractivity contribution >= 4 is 11.6 Å². The van der Waals surface area contributed by atoms with Crippen molar-refractivity contribution in [2.24, 2.45) is 10.7 Å². The SMILES string of the molecule is Cc1cccc(N2CCN(CCCCN=C(N)NC3CCOc4ccccc43)CC2)c1. The maximum absolute atomic E-state index is 6.15. The van der Waals surface area contributed by atoms with Crippen LogP contribution >= 0.6 is 0 Å². The van der Waals surface area contributed by atoms with Crippen LogP contribution in [0, 0.1) is 6.92 Å². The van der Waals surface area contributed by atoms with E-state index in [0.29, 0.717) is 12.6 Å². The van der Waals surface area contributed by atoms with Crippen LogP contribution in [-0.2, 0) is 0 Å². The zero-order valence-corrected chi connectivity index (χ0v) is 18.6. The van der Waals surface area contributed by atoms with Gasteiger partial charge in [0.2, 0.25) is 0 Å². The van der Waals surface area contributed by atoms with E-state index >= 15 is 0 Å². The van der Waals surface area contributed by atoms with E-state index in [1.807, 2.05) is 18.2 Å². The second kappa shape index (κ2) is 10.5. The summed E-state index contributed by atoms with van der Waals surface area (Å²) in [5.74, 6) is 1.48. The minimum Gasteiger partial charge on any atom is -0.493 e. The molecule has 2 heterocycles. The number of unbranched alkanes of at least 4 members (excludes halogenated alkanes) is 1. The number of anilines is 1. The molecular formula is C25H35N5O. The molecule has 0 aromatic heterocycles. The number of ether oxygens (including phenoxy) is 1. The van der Waals surface area contributed by atoms with E-state index in [4.69, 9.17) is 10.5 Å². The second-order valence-electron chi connectivity index (χ2n) is 8.51. The van der Waals surface area contributed by atoms with Crippen molar-refractivity contribution in [2.45, 2.75) is 32.2 Å². The lowest BCUT2D eigenvalue weighted by atomic mass is 10.0. The molecule has 1 fully saturated rings. The monoisotopic (exact) mass is 421 g/mol. The Kier molecular flexibility index (Phi) is 7.30. The highest BCUT2D eigenvalue weighted by Gasteiger charge is 2.21. The zero-order chi connectivity index (χ0) is 21.5. The van der Waals surface area contributed by atoms with Gasteiger partial charge in [0, 0.05) is 50.4 Å². The molecule has 3 N–H and O–H groups in total. The number of nitrogens with zero attached hydrogens (tertiary/aromatic N) is 3. The van der Waals surface area contributed by atoms with E-state index in [2.05, 4.69) is 57.4 Å². The number of nitrogens with one attached hydrogen (secondary N) is 1. The van der Waals surface area contributed by atoms with Crippen LogP contribution in [0.15, 0.2) is 53.5 Å². The van der Waals surface area contributed by atoms with E-state index in [1.54, 1.807) is 0 Å². The molecule has 6 heteroatoms. The lowest BCUT2D eigenvalue weighted by Crippen LogP contribution is -2.46. The third-order valence-corrected chi connectivity index (χ3v) is 6.18. The van der Waals surface area contributed by atoms with Gasteiger partial charge in [-0.05, 0) is 50.1 Å². The predicted molar refractivity (Wildman–Crippen MR) is 128 cm³/mol. The van der Waals surface area contributed by atoms with Crippen LogP contribution in [0.25, 0.3) is 0 Å². The molecule has 0 aliphatic carbocycles. The zero-order valence-electron chi connectivity index (χ0n) is 18.6. The highest BCUT2D eigenvalue weighted by Crippen LogP contribution is 2.31. The van der Waals surface area contributed by atoms with Gasteiger partial charge < -0.3 is 20.7 Å². The van der Waals surface area contributed by atoms with Crippen molar-refractivity contribution in [1.82, 2.24) is 10.2 Å². The third kappa shape index (κ3) is 5.91. The molecule has 166 valence electrons. The fourth-order valence-electron chi connectivity index (χ4n) is 4.42. The minimum absolute atomic E-state index is 0.179. The Morgan fingerprint density at radius 3 is 2.77 bits per heavy atom. The van der Waals surface area contributed by atoms with Crippen LogP contribution in [0.3, 0.4) is 0 Å². The number of aryl methyl sites for hydroxylation is 1. The number of guanidine groups is 1. The third-order valence-electron chi connectivity index (χ3n) is 6.18. The Bertz CT molecular complexity index is 876. The summed E-state index contributed by atoms with van der Waals surface area (Å²) in [7, 11) is 0. The normalized spacial score (nSPS) is 19.6. The summed E-state index contributed by atoms with van der Waals surface area (Å²) >= 11 is 0. The summed E-state index contributed by atoms with van der Waals surface area (Å²) in [6.07, 6.45) is 3.12. The lowest BCUT2D eigenvalue weighted by Gasteiger charge is -2.36. The average molecular weight is 422 g/mol. The molecule has 0 amide bonds. The summed E-state index contributed by atoms with van der Waals surface area (Å²) in [6, 6.07) is 17.1. The first-order chi connectivity index (χ1) is 15.2. The number of nitrogens with two attached hydrogens (primary N) is 1. The Balaban J connectivity index is 1.14. The van der Waals surface area contributed by atoms with Crippen LogP contribution in [0.1, 0.15) is 36.4 Å². The second-order valence-corrected chi connectivity index (χ2v) is 8.51. The van der Waals surface area contributed by atoms with Crippen molar-refractivity contribution in [3.63, 3.8) is 0 Å². The van der Waals surface area contributed by atoms with Crippen LogP contribution in [0.4, 0.5) is 5.69 Å². The first-order valence-electron chi connectivity index (χ1n) is 11.5. The van der Waals surface area contributed by atoms with Gasteiger partial charge in [-0.15, -0.1) is 0 Å². The van der Waals surface area contributed by atoms with Crippen molar-refractivity contribution in [3.05, 3.63) is 59.7 Å². The summed E-state index contributed by atoms with van der Waals surface area (Å²) in [5.41, 5.74) is 9.99. The summed E-state index contributed by atoms with van der Waals surface area (Å²) in [6.45, 7) is 9.24. The molecule has 0 radical (unpaired) electrons. The first-order valence-corrected chi connectivity index (χ1v) is 11.5. The molecule has 1 saturated heterocycles. The van der Waals surface area contributed by atoms with Crippen molar-refractivity contribution in [2.75, 3.05) is 50.8 Å². The molecule has 2 aromatic carbocycles. The van der Waals surface area contributed by atoms with Gasteiger partial charge in [-0.3, -0.25) is 9.89 Å². The number of rotatable bonds is 7. The molecule has 4 rings (SSSR count). The fraction of sp³-hybridized carbons (Fsp3) is 0.480. The van der Waals surface area contributed by atoms with Gasteiger partial charge in [0.25, 0.3) is 0 Å². The van der Waals surface area contributed by atoms with Crippen LogP contribution in [0.2, 0.25) is 0 Å². The number of aliphatic imine (C=N–C) groups is 1. The number of benzene rings is 2. The molecular weight excluding hydrogens is 386 g/mol. The lowest BCUT2D eigenvalue weighted by molar-refractivity contribution is 0.253. The largest absolute Gasteiger partial charge is 0.493 e. The van der Waals surface area contributed by atoms with Crippen LogP contribution in [0.5, 0.6) is 5.75 Å². The molecule has 1 unspecified atom stereocenters. The number of fused-ring (bicyclic) bond motifs is 1. The maximum Gasteiger partial charge on any atom is 0.189 e. The Morgan fingerprint density at radius 1 is 1.10 bits per heavy atom. The fourth-order valence-corrected chi connectivity index (χ4v) is 4.42. The van der Waals surface area contributed by atoms with Gasteiger partial charge in [0.05, 0.1) is 12.6 Å². The van der Waals surface area contributed by atoms with Crippen molar-refractivity contribution in [3.8, 4) is 5.75 Å². The number of piperazine rings is 1. The smallest absolute Gasteiger partial charge is 0.189 e. The van der Waals surface area contributed by atoms with Gasteiger partial charge in [-0.1, -0.05) is 30.3 Å². The first kappa shape index (κ1) is 21.5. The molecule has 31 heavy (non-hydrogen) atoms. The van der Waals surface area contributed by atoms with Gasteiger partial charge >= 0.3 is 0 Å². The van der Waals surface area contributed by atoms with Gasteiger partial charge in [0.15, 0.2) is 5.96 Å².